The monoisotopic (exact) mass is 244 g/mol. The summed E-state index contributed by atoms with van der Waals surface area (Å²) in [5.41, 5.74) is 2.73. The summed E-state index contributed by atoms with van der Waals surface area (Å²) in [5.74, 6) is 0.838. The van der Waals surface area contributed by atoms with E-state index in [2.05, 4.69) is 26.8 Å². The molecule has 3 heterocycles. The molecule has 0 bridgehead atoms. The summed E-state index contributed by atoms with van der Waals surface area (Å²) in [5, 5.41) is 2.84. The van der Waals surface area contributed by atoms with Gasteiger partial charge in [0.1, 0.15) is 5.82 Å². The summed E-state index contributed by atoms with van der Waals surface area (Å²) in [6.45, 7) is 4.70. The van der Waals surface area contributed by atoms with Gasteiger partial charge in [0.25, 0.3) is 5.91 Å². The zero-order chi connectivity index (χ0) is 12.7. The number of rotatable bonds is 2. The van der Waals surface area contributed by atoms with Crippen LogP contribution in [0.3, 0.4) is 0 Å². The highest BCUT2D eigenvalue weighted by atomic mass is 16.1. The molecule has 18 heavy (non-hydrogen) atoms. The van der Waals surface area contributed by atoms with Crippen molar-refractivity contribution in [3.8, 4) is 11.4 Å². The Morgan fingerprint density at radius 2 is 2.50 bits per heavy atom. The number of nitrogens with zero attached hydrogens (tertiary/aromatic N) is 2. The van der Waals surface area contributed by atoms with Crippen LogP contribution >= 0.6 is 0 Å². The van der Waals surface area contributed by atoms with E-state index in [1.807, 2.05) is 13.1 Å². The number of imidazole rings is 1. The first-order valence-corrected chi connectivity index (χ1v) is 6.24. The van der Waals surface area contributed by atoms with Gasteiger partial charge in [0.2, 0.25) is 0 Å². The molecule has 3 rings (SSSR count). The summed E-state index contributed by atoms with van der Waals surface area (Å²) < 4.78 is 2.12. The van der Waals surface area contributed by atoms with E-state index in [1.165, 1.54) is 0 Å². The molecule has 0 spiro atoms. The van der Waals surface area contributed by atoms with E-state index in [4.69, 9.17) is 0 Å². The zero-order valence-electron chi connectivity index (χ0n) is 10.5. The molecule has 2 aromatic heterocycles. The molecule has 2 aromatic rings. The van der Waals surface area contributed by atoms with Crippen LogP contribution in [-0.2, 0) is 6.42 Å². The topological polar surface area (TPSA) is 62.7 Å². The molecule has 0 aromatic carbocycles. The SMILES string of the molecule is CCNC(=O)c1c[nH]c2c1-c1nccn1[C@@H](C)C2. The van der Waals surface area contributed by atoms with Gasteiger partial charge in [0.05, 0.1) is 11.1 Å². The third kappa shape index (κ3) is 1.47. The van der Waals surface area contributed by atoms with Crippen molar-refractivity contribution in [2.45, 2.75) is 26.3 Å². The molecule has 0 radical (unpaired) electrons. The van der Waals surface area contributed by atoms with Crippen molar-refractivity contribution >= 4 is 5.91 Å². The van der Waals surface area contributed by atoms with Crippen molar-refractivity contribution in [1.29, 1.82) is 0 Å². The van der Waals surface area contributed by atoms with Gasteiger partial charge in [-0.2, -0.15) is 0 Å². The van der Waals surface area contributed by atoms with Crippen LogP contribution in [0, 0.1) is 0 Å². The second-order valence-corrected chi connectivity index (χ2v) is 4.63. The highest BCUT2D eigenvalue weighted by Gasteiger charge is 2.28. The van der Waals surface area contributed by atoms with Crippen LogP contribution in [0.4, 0.5) is 0 Å². The summed E-state index contributed by atoms with van der Waals surface area (Å²) >= 11 is 0. The molecule has 94 valence electrons. The maximum Gasteiger partial charge on any atom is 0.253 e. The average Bonchev–Trinajstić information content (AvgIpc) is 2.93. The molecule has 1 atom stereocenters. The number of nitrogens with one attached hydrogen (secondary N) is 2. The molecule has 0 unspecified atom stereocenters. The molecule has 0 saturated heterocycles. The van der Waals surface area contributed by atoms with Crippen LogP contribution in [-0.4, -0.2) is 27.0 Å². The smallest absolute Gasteiger partial charge is 0.253 e. The molecule has 0 saturated carbocycles. The van der Waals surface area contributed by atoms with Gasteiger partial charge < -0.3 is 14.9 Å². The first-order valence-electron chi connectivity index (χ1n) is 6.24. The molecule has 5 nitrogen and oxygen atoms in total. The lowest BCUT2D eigenvalue weighted by Crippen LogP contribution is -2.24. The number of carbonyl (C=O) groups is 1. The number of carbonyl (C=O) groups excluding carboxylic acids is 1. The zero-order valence-corrected chi connectivity index (χ0v) is 10.5. The highest BCUT2D eigenvalue weighted by Crippen LogP contribution is 2.35. The molecule has 1 aliphatic rings. The molecule has 0 fully saturated rings. The number of H-pyrrole nitrogens is 1. The Bertz CT molecular complexity index is 596. The van der Waals surface area contributed by atoms with Crippen molar-refractivity contribution < 1.29 is 4.79 Å². The maximum absolute atomic E-state index is 12.0. The van der Waals surface area contributed by atoms with Crippen LogP contribution in [0.25, 0.3) is 11.4 Å². The van der Waals surface area contributed by atoms with Gasteiger partial charge in [-0.25, -0.2) is 4.98 Å². The van der Waals surface area contributed by atoms with E-state index in [1.54, 1.807) is 12.4 Å². The van der Waals surface area contributed by atoms with Crippen LogP contribution in [0.5, 0.6) is 0 Å². The Hall–Kier alpha value is -2.04. The fraction of sp³-hybridized carbons (Fsp3) is 0.385. The van der Waals surface area contributed by atoms with Crippen LogP contribution in [0.15, 0.2) is 18.6 Å². The molecular formula is C13H16N4O. The fourth-order valence-corrected chi connectivity index (χ4v) is 2.57. The highest BCUT2D eigenvalue weighted by molar-refractivity contribution is 6.01. The normalized spacial score (nSPS) is 17.1. The standard InChI is InChI=1S/C13H16N4O/c1-3-14-13(18)9-7-16-10-6-8(2)17-5-4-15-12(17)11(9)10/h4-5,7-8,16H,3,6H2,1-2H3,(H,14,18)/t8-/m0/s1. The quantitative estimate of drug-likeness (QED) is 0.845. The fourth-order valence-electron chi connectivity index (χ4n) is 2.57. The molecular weight excluding hydrogens is 228 g/mol. The lowest BCUT2D eigenvalue weighted by molar-refractivity contribution is 0.0956. The van der Waals surface area contributed by atoms with Gasteiger partial charge in [-0.15, -0.1) is 0 Å². The average molecular weight is 244 g/mol. The summed E-state index contributed by atoms with van der Waals surface area (Å²) in [7, 11) is 0. The Morgan fingerprint density at radius 3 is 3.28 bits per heavy atom. The van der Waals surface area contributed by atoms with Crippen molar-refractivity contribution in [2.75, 3.05) is 6.54 Å². The van der Waals surface area contributed by atoms with Crippen LogP contribution in [0.1, 0.15) is 35.9 Å². The van der Waals surface area contributed by atoms with Gasteiger partial charge in [-0.3, -0.25) is 4.79 Å². The Morgan fingerprint density at radius 1 is 1.67 bits per heavy atom. The summed E-state index contributed by atoms with van der Waals surface area (Å²) in [6, 6.07) is 0.371. The number of hydrogen-bond donors (Lipinski definition) is 2. The Balaban J connectivity index is 2.13. The maximum atomic E-state index is 12.0. The third-order valence-corrected chi connectivity index (χ3v) is 3.41. The van der Waals surface area contributed by atoms with Crippen LogP contribution in [0.2, 0.25) is 0 Å². The minimum Gasteiger partial charge on any atom is -0.364 e. The summed E-state index contributed by atoms with van der Waals surface area (Å²) in [4.78, 5) is 19.6. The largest absolute Gasteiger partial charge is 0.364 e. The molecule has 5 heteroatoms. The van der Waals surface area contributed by atoms with Crippen molar-refractivity contribution in [1.82, 2.24) is 19.9 Å². The van der Waals surface area contributed by atoms with E-state index in [0.29, 0.717) is 18.2 Å². The Kier molecular flexibility index (Phi) is 2.47. The van der Waals surface area contributed by atoms with E-state index in [0.717, 1.165) is 23.5 Å². The number of aromatic nitrogens is 3. The number of hydrogen-bond acceptors (Lipinski definition) is 2. The second kappa shape index (κ2) is 4.01. The van der Waals surface area contributed by atoms with E-state index < -0.39 is 0 Å². The van der Waals surface area contributed by atoms with Gasteiger partial charge in [-0.1, -0.05) is 0 Å². The van der Waals surface area contributed by atoms with Crippen molar-refractivity contribution in [3.05, 3.63) is 29.8 Å². The van der Waals surface area contributed by atoms with Gasteiger partial charge in [0, 0.05) is 43.3 Å². The predicted molar refractivity (Wildman–Crippen MR) is 68.4 cm³/mol. The molecule has 1 aliphatic heterocycles. The molecule has 1 amide bonds. The lowest BCUT2D eigenvalue weighted by Gasteiger charge is -2.22. The first kappa shape index (κ1) is 11.1. The molecule has 2 N–H and O–H groups in total. The second-order valence-electron chi connectivity index (χ2n) is 4.63. The summed E-state index contributed by atoms with van der Waals surface area (Å²) in [6.07, 6.45) is 6.44. The van der Waals surface area contributed by atoms with E-state index in [9.17, 15) is 4.79 Å². The van der Waals surface area contributed by atoms with Gasteiger partial charge >= 0.3 is 0 Å². The number of aromatic amines is 1. The van der Waals surface area contributed by atoms with Gasteiger partial charge in [0.15, 0.2) is 0 Å². The van der Waals surface area contributed by atoms with E-state index in [-0.39, 0.29) is 5.91 Å². The van der Waals surface area contributed by atoms with Crippen molar-refractivity contribution in [2.24, 2.45) is 0 Å². The first-order chi connectivity index (χ1) is 8.72. The minimum atomic E-state index is -0.0425. The predicted octanol–water partition coefficient (Wildman–Crippen LogP) is 1.75. The van der Waals surface area contributed by atoms with Crippen molar-refractivity contribution in [3.63, 3.8) is 0 Å². The van der Waals surface area contributed by atoms with E-state index >= 15 is 0 Å². The van der Waals surface area contributed by atoms with Gasteiger partial charge in [-0.05, 0) is 13.8 Å². The Labute approximate surface area is 105 Å². The third-order valence-electron chi connectivity index (χ3n) is 3.41. The minimum absolute atomic E-state index is 0.0425. The number of fused-ring (bicyclic) bond motifs is 3. The number of amides is 1. The lowest BCUT2D eigenvalue weighted by atomic mass is 10.0. The molecule has 0 aliphatic carbocycles. The van der Waals surface area contributed by atoms with Crippen LogP contribution < -0.4 is 5.32 Å².